The molecule has 0 amide bonds. The first-order valence-corrected chi connectivity index (χ1v) is 5.33. The summed E-state index contributed by atoms with van der Waals surface area (Å²) in [5.41, 5.74) is -0.364. The number of benzene rings is 1. The zero-order chi connectivity index (χ0) is 12.8. The molecule has 0 saturated heterocycles. The van der Waals surface area contributed by atoms with Crippen molar-refractivity contribution in [3.63, 3.8) is 0 Å². The Kier molecular flexibility index (Phi) is 5.18. The van der Waals surface area contributed by atoms with Crippen LogP contribution in [0.2, 0.25) is 0 Å². The highest BCUT2D eigenvalue weighted by Gasteiger charge is 2.24. The van der Waals surface area contributed by atoms with Crippen LogP contribution in [0, 0.1) is 11.6 Å². The van der Waals surface area contributed by atoms with E-state index in [4.69, 9.17) is 9.47 Å². The van der Waals surface area contributed by atoms with Crippen molar-refractivity contribution >= 4 is 5.78 Å². The quantitative estimate of drug-likeness (QED) is 0.570. The average molecular weight is 244 g/mol. The standard InChI is InChI=1S/C12H14F2O3/c1-3-16-12(17-4-2)11(15)8-6-5-7-9(13)10(8)14/h5-7,12H,3-4H2,1-2H3. The number of rotatable bonds is 6. The highest BCUT2D eigenvalue weighted by molar-refractivity contribution is 5.98. The maximum absolute atomic E-state index is 13.4. The van der Waals surface area contributed by atoms with Crippen LogP contribution in [0.15, 0.2) is 18.2 Å². The minimum absolute atomic E-state index is 0.243. The zero-order valence-electron chi connectivity index (χ0n) is 9.70. The largest absolute Gasteiger partial charge is 0.346 e. The number of halogens is 2. The van der Waals surface area contributed by atoms with Crippen molar-refractivity contribution in [2.45, 2.75) is 20.1 Å². The van der Waals surface area contributed by atoms with Gasteiger partial charge in [-0.05, 0) is 26.0 Å². The summed E-state index contributed by atoms with van der Waals surface area (Å²) in [7, 11) is 0. The predicted octanol–water partition coefficient (Wildman–Crippen LogP) is 2.55. The molecule has 0 unspecified atom stereocenters. The lowest BCUT2D eigenvalue weighted by Gasteiger charge is -2.15. The number of hydrogen-bond donors (Lipinski definition) is 0. The minimum Gasteiger partial charge on any atom is -0.346 e. The molecule has 1 aromatic carbocycles. The summed E-state index contributed by atoms with van der Waals surface area (Å²) in [4.78, 5) is 11.8. The molecule has 17 heavy (non-hydrogen) atoms. The van der Waals surface area contributed by atoms with E-state index in [-0.39, 0.29) is 18.8 Å². The van der Waals surface area contributed by atoms with Gasteiger partial charge in [-0.15, -0.1) is 0 Å². The van der Waals surface area contributed by atoms with Gasteiger partial charge < -0.3 is 9.47 Å². The van der Waals surface area contributed by atoms with E-state index in [0.29, 0.717) is 0 Å². The van der Waals surface area contributed by atoms with E-state index in [0.717, 1.165) is 6.07 Å². The van der Waals surface area contributed by atoms with Gasteiger partial charge in [0.1, 0.15) is 0 Å². The highest BCUT2D eigenvalue weighted by atomic mass is 19.2. The molecule has 0 fully saturated rings. The van der Waals surface area contributed by atoms with Gasteiger partial charge in [0.25, 0.3) is 0 Å². The second kappa shape index (κ2) is 6.42. The van der Waals surface area contributed by atoms with Gasteiger partial charge in [0.05, 0.1) is 5.56 Å². The molecular weight excluding hydrogens is 230 g/mol. The van der Waals surface area contributed by atoms with Gasteiger partial charge in [0.15, 0.2) is 11.6 Å². The number of hydrogen-bond acceptors (Lipinski definition) is 3. The molecule has 0 aliphatic heterocycles. The molecule has 0 atom stereocenters. The van der Waals surface area contributed by atoms with E-state index in [1.54, 1.807) is 13.8 Å². The predicted molar refractivity (Wildman–Crippen MR) is 57.7 cm³/mol. The Morgan fingerprint density at radius 2 is 1.82 bits per heavy atom. The van der Waals surface area contributed by atoms with Crippen molar-refractivity contribution in [2.24, 2.45) is 0 Å². The van der Waals surface area contributed by atoms with Crippen LogP contribution >= 0.6 is 0 Å². The SMILES string of the molecule is CCOC(OCC)C(=O)c1cccc(F)c1F. The Labute approximate surface area is 98.3 Å². The highest BCUT2D eigenvalue weighted by Crippen LogP contribution is 2.15. The summed E-state index contributed by atoms with van der Waals surface area (Å²) in [6.07, 6.45) is -1.19. The number of Topliss-reactive ketones (excluding diaryl/α,β-unsaturated/α-hetero) is 1. The van der Waals surface area contributed by atoms with E-state index in [1.165, 1.54) is 12.1 Å². The summed E-state index contributed by atoms with van der Waals surface area (Å²) >= 11 is 0. The molecule has 0 radical (unpaired) electrons. The lowest BCUT2D eigenvalue weighted by atomic mass is 10.1. The van der Waals surface area contributed by atoms with Crippen LogP contribution in [0.1, 0.15) is 24.2 Å². The average Bonchev–Trinajstić information content (AvgIpc) is 2.31. The molecule has 1 aromatic rings. The Morgan fingerprint density at radius 3 is 2.35 bits per heavy atom. The Morgan fingerprint density at radius 1 is 1.24 bits per heavy atom. The molecule has 0 N–H and O–H groups in total. The van der Waals surface area contributed by atoms with E-state index in [2.05, 4.69) is 0 Å². The monoisotopic (exact) mass is 244 g/mol. The van der Waals surface area contributed by atoms with Crippen LogP contribution in [-0.2, 0) is 9.47 Å². The van der Waals surface area contributed by atoms with Gasteiger partial charge in [-0.3, -0.25) is 4.79 Å². The molecule has 3 nitrogen and oxygen atoms in total. The third-order valence-corrected chi connectivity index (χ3v) is 2.07. The second-order valence-electron chi connectivity index (χ2n) is 3.21. The van der Waals surface area contributed by atoms with Gasteiger partial charge in [-0.25, -0.2) is 8.78 Å². The Bertz CT molecular complexity index is 387. The zero-order valence-corrected chi connectivity index (χ0v) is 9.70. The van der Waals surface area contributed by atoms with Crippen LogP contribution in [0.3, 0.4) is 0 Å². The summed E-state index contributed by atoms with van der Waals surface area (Å²) in [5.74, 6) is -2.96. The fourth-order valence-corrected chi connectivity index (χ4v) is 1.32. The van der Waals surface area contributed by atoms with Gasteiger partial charge >= 0.3 is 0 Å². The van der Waals surface area contributed by atoms with Gasteiger partial charge in [-0.2, -0.15) is 0 Å². The molecule has 94 valence electrons. The molecule has 0 heterocycles. The maximum Gasteiger partial charge on any atom is 0.222 e. The summed E-state index contributed by atoms with van der Waals surface area (Å²) in [5, 5.41) is 0. The fraction of sp³-hybridized carbons (Fsp3) is 0.417. The fourth-order valence-electron chi connectivity index (χ4n) is 1.32. The van der Waals surface area contributed by atoms with Crippen LogP contribution < -0.4 is 0 Å². The summed E-state index contributed by atoms with van der Waals surface area (Å²) in [6.45, 7) is 3.85. The molecule has 0 aliphatic rings. The lowest BCUT2D eigenvalue weighted by molar-refractivity contribution is -0.107. The second-order valence-corrected chi connectivity index (χ2v) is 3.21. The van der Waals surface area contributed by atoms with Crippen LogP contribution in [0.5, 0.6) is 0 Å². The van der Waals surface area contributed by atoms with Crippen molar-refractivity contribution < 1.29 is 23.0 Å². The maximum atomic E-state index is 13.4. The lowest BCUT2D eigenvalue weighted by Crippen LogP contribution is -2.28. The van der Waals surface area contributed by atoms with Crippen molar-refractivity contribution in [3.8, 4) is 0 Å². The van der Waals surface area contributed by atoms with E-state index < -0.39 is 23.7 Å². The number of carbonyl (C=O) groups is 1. The topological polar surface area (TPSA) is 35.5 Å². The van der Waals surface area contributed by atoms with Gasteiger partial charge in [-0.1, -0.05) is 6.07 Å². The number of ketones is 1. The molecular formula is C12H14F2O3. The first-order valence-electron chi connectivity index (χ1n) is 5.33. The van der Waals surface area contributed by atoms with E-state index >= 15 is 0 Å². The molecule has 0 saturated carbocycles. The van der Waals surface area contributed by atoms with Crippen LogP contribution in [0.4, 0.5) is 8.78 Å². The first-order chi connectivity index (χ1) is 8.11. The molecule has 0 bridgehead atoms. The molecule has 0 spiro atoms. The number of ether oxygens (including phenoxy) is 2. The molecule has 1 rings (SSSR count). The van der Waals surface area contributed by atoms with Gasteiger partial charge in [0, 0.05) is 13.2 Å². The van der Waals surface area contributed by atoms with Crippen molar-refractivity contribution in [1.29, 1.82) is 0 Å². The van der Waals surface area contributed by atoms with E-state index in [9.17, 15) is 13.6 Å². The smallest absolute Gasteiger partial charge is 0.222 e. The Balaban J connectivity index is 2.96. The first kappa shape index (κ1) is 13.7. The normalized spacial score (nSPS) is 10.9. The van der Waals surface area contributed by atoms with Crippen molar-refractivity contribution in [2.75, 3.05) is 13.2 Å². The van der Waals surface area contributed by atoms with E-state index in [1.807, 2.05) is 0 Å². The van der Waals surface area contributed by atoms with Crippen molar-refractivity contribution in [1.82, 2.24) is 0 Å². The molecule has 5 heteroatoms. The summed E-state index contributed by atoms with van der Waals surface area (Å²) in [6, 6.07) is 3.41. The van der Waals surface area contributed by atoms with Crippen molar-refractivity contribution in [3.05, 3.63) is 35.4 Å². The third-order valence-electron chi connectivity index (χ3n) is 2.07. The van der Waals surface area contributed by atoms with Gasteiger partial charge in [0.2, 0.25) is 12.1 Å². The Hall–Kier alpha value is -1.33. The minimum atomic E-state index is -1.19. The number of carbonyl (C=O) groups excluding carboxylic acids is 1. The third kappa shape index (κ3) is 3.31. The molecule has 0 aromatic heterocycles. The van der Waals surface area contributed by atoms with Crippen LogP contribution in [0.25, 0.3) is 0 Å². The summed E-state index contributed by atoms with van der Waals surface area (Å²) < 4.78 is 36.4. The molecule has 0 aliphatic carbocycles. The van der Waals surface area contributed by atoms with Crippen LogP contribution in [-0.4, -0.2) is 25.3 Å².